The van der Waals surface area contributed by atoms with Gasteiger partial charge in [-0.1, -0.05) is 23.9 Å². The summed E-state index contributed by atoms with van der Waals surface area (Å²) in [6.45, 7) is 3.15. The first-order valence-corrected chi connectivity index (χ1v) is 11.0. The second-order valence-electron chi connectivity index (χ2n) is 7.34. The van der Waals surface area contributed by atoms with Crippen LogP contribution >= 0.6 is 11.8 Å². The van der Waals surface area contributed by atoms with Gasteiger partial charge in [0.15, 0.2) is 16.6 Å². The van der Waals surface area contributed by atoms with Crippen molar-refractivity contribution in [3.05, 3.63) is 51.8 Å². The lowest BCUT2D eigenvalue weighted by Gasteiger charge is -2.31. The average Bonchev–Trinajstić information content (AvgIpc) is 3.17. The number of oxazole rings is 1. The Labute approximate surface area is 172 Å². The Morgan fingerprint density at radius 2 is 2.17 bits per heavy atom. The van der Waals surface area contributed by atoms with Crippen molar-refractivity contribution >= 4 is 28.8 Å². The Balaban J connectivity index is 1.42. The lowest BCUT2D eigenvalue weighted by Crippen LogP contribution is -2.39. The van der Waals surface area contributed by atoms with Gasteiger partial charge in [-0.3, -0.25) is 9.59 Å². The molecule has 1 fully saturated rings. The fourth-order valence-electron chi connectivity index (χ4n) is 3.84. The topological polar surface area (TPSA) is 92.1 Å². The molecule has 3 heterocycles. The van der Waals surface area contributed by atoms with E-state index in [-0.39, 0.29) is 17.4 Å². The molecule has 8 heteroatoms. The van der Waals surface area contributed by atoms with Crippen molar-refractivity contribution in [1.29, 1.82) is 0 Å². The molecular weight excluding hydrogens is 388 g/mol. The van der Waals surface area contributed by atoms with Gasteiger partial charge >= 0.3 is 0 Å². The Hall–Kier alpha value is -2.61. The smallest absolute Gasteiger partial charge is 0.254 e. The van der Waals surface area contributed by atoms with Gasteiger partial charge in [-0.25, -0.2) is 9.97 Å². The molecule has 4 rings (SSSR count). The van der Waals surface area contributed by atoms with E-state index in [1.165, 1.54) is 11.8 Å². The van der Waals surface area contributed by atoms with Crippen LogP contribution in [-0.2, 0) is 11.2 Å². The molecule has 152 valence electrons. The highest BCUT2D eigenvalue weighted by molar-refractivity contribution is 7.98. The first kappa shape index (κ1) is 19.7. The van der Waals surface area contributed by atoms with Gasteiger partial charge in [0.05, 0.1) is 5.92 Å². The minimum absolute atomic E-state index is 0.0542. The van der Waals surface area contributed by atoms with Crippen LogP contribution in [0.1, 0.15) is 42.3 Å². The molecule has 1 saturated heterocycles. The summed E-state index contributed by atoms with van der Waals surface area (Å²) in [5.41, 5.74) is 2.75. The van der Waals surface area contributed by atoms with Crippen molar-refractivity contribution in [2.75, 3.05) is 19.3 Å². The molecule has 1 aliphatic rings. The molecule has 1 aliphatic heterocycles. The van der Waals surface area contributed by atoms with Gasteiger partial charge in [0.1, 0.15) is 5.52 Å². The maximum absolute atomic E-state index is 12.8. The number of nitrogens with zero attached hydrogens (tertiary/aromatic N) is 3. The summed E-state index contributed by atoms with van der Waals surface area (Å²) in [5.74, 6) is 0.860. The van der Waals surface area contributed by atoms with Crippen LogP contribution in [0.5, 0.6) is 0 Å². The standard InChI is InChI=1S/C21H24N4O3S/c1-13-15(19(27)24-21(22-13)29-2)9-10-18(26)25-11-5-6-14(12-25)20-23-16-7-3-4-8-17(16)28-20/h3-4,7-8,14H,5-6,9-12H2,1-2H3,(H,22,24,27). The van der Waals surface area contributed by atoms with Crippen molar-refractivity contribution in [2.45, 2.75) is 43.7 Å². The molecule has 0 radical (unpaired) electrons. The molecule has 1 aromatic carbocycles. The minimum atomic E-state index is -0.155. The highest BCUT2D eigenvalue weighted by atomic mass is 32.2. The number of carbonyl (C=O) groups is 1. The van der Waals surface area contributed by atoms with Crippen LogP contribution in [0.3, 0.4) is 0 Å². The number of hydrogen-bond donors (Lipinski definition) is 1. The van der Waals surface area contributed by atoms with Crippen LogP contribution < -0.4 is 5.56 Å². The largest absolute Gasteiger partial charge is 0.440 e. The van der Waals surface area contributed by atoms with E-state index in [0.717, 1.165) is 30.5 Å². The molecule has 0 saturated carbocycles. The van der Waals surface area contributed by atoms with Crippen LogP contribution in [0.4, 0.5) is 0 Å². The summed E-state index contributed by atoms with van der Waals surface area (Å²) >= 11 is 1.40. The normalized spacial score (nSPS) is 17.0. The Kier molecular flexibility index (Phi) is 5.71. The first-order valence-electron chi connectivity index (χ1n) is 9.82. The van der Waals surface area contributed by atoms with Crippen molar-refractivity contribution in [1.82, 2.24) is 19.9 Å². The van der Waals surface area contributed by atoms with E-state index in [2.05, 4.69) is 15.0 Å². The van der Waals surface area contributed by atoms with Gasteiger partial charge in [0.2, 0.25) is 5.91 Å². The number of aromatic amines is 1. The molecule has 0 spiro atoms. The van der Waals surface area contributed by atoms with Crippen LogP contribution in [0.25, 0.3) is 11.1 Å². The van der Waals surface area contributed by atoms with Crippen molar-refractivity contribution < 1.29 is 9.21 Å². The molecule has 1 amide bonds. The third-order valence-electron chi connectivity index (χ3n) is 5.42. The number of rotatable bonds is 5. The maximum Gasteiger partial charge on any atom is 0.254 e. The number of hydrogen-bond acceptors (Lipinski definition) is 6. The number of nitrogens with one attached hydrogen (secondary N) is 1. The van der Waals surface area contributed by atoms with Gasteiger partial charge in [-0.15, -0.1) is 0 Å². The predicted molar refractivity (Wildman–Crippen MR) is 112 cm³/mol. The quantitative estimate of drug-likeness (QED) is 0.511. The molecule has 1 unspecified atom stereocenters. The second-order valence-corrected chi connectivity index (χ2v) is 8.13. The Morgan fingerprint density at radius 3 is 2.93 bits per heavy atom. The lowest BCUT2D eigenvalue weighted by atomic mass is 9.97. The second kappa shape index (κ2) is 8.41. The van der Waals surface area contributed by atoms with Crippen LogP contribution in [0.2, 0.25) is 0 Å². The fraction of sp³-hybridized carbons (Fsp3) is 0.429. The van der Waals surface area contributed by atoms with E-state index < -0.39 is 0 Å². The van der Waals surface area contributed by atoms with Gasteiger partial charge < -0.3 is 14.3 Å². The zero-order valence-electron chi connectivity index (χ0n) is 16.6. The van der Waals surface area contributed by atoms with Gasteiger partial charge in [0.25, 0.3) is 5.56 Å². The number of carbonyl (C=O) groups excluding carboxylic acids is 1. The molecule has 1 atom stereocenters. The number of benzene rings is 1. The van der Waals surface area contributed by atoms with Crippen LogP contribution in [0.15, 0.2) is 38.6 Å². The number of piperidine rings is 1. The van der Waals surface area contributed by atoms with Gasteiger partial charge in [0, 0.05) is 30.8 Å². The molecule has 2 aromatic heterocycles. The highest BCUT2D eigenvalue weighted by Gasteiger charge is 2.28. The monoisotopic (exact) mass is 412 g/mol. The zero-order valence-corrected chi connectivity index (χ0v) is 17.4. The van der Waals surface area contributed by atoms with Crippen molar-refractivity contribution in [3.8, 4) is 0 Å². The number of para-hydroxylation sites is 2. The van der Waals surface area contributed by atoms with Gasteiger partial charge in [-0.2, -0.15) is 0 Å². The zero-order chi connectivity index (χ0) is 20.4. The van der Waals surface area contributed by atoms with Crippen molar-refractivity contribution in [2.24, 2.45) is 0 Å². The first-order chi connectivity index (χ1) is 14.0. The van der Waals surface area contributed by atoms with E-state index in [4.69, 9.17) is 4.42 Å². The fourth-order valence-corrected chi connectivity index (χ4v) is 4.26. The molecule has 29 heavy (non-hydrogen) atoms. The van der Waals surface area contributed by atoms with E-state index in [9.17, 15) is 9.59 Å². The summed E-state index contributed by atoms with van der Waals surface area (Å²) in [7, 11) is 0. The van der Waals surface area contributed by atoms with E-state index in [1.54, 1.807) is 0 Å². The van der Waals surface area contributed by atoms with Crippen LogP contribution in [0, 0.1) is 6.92 Å². The summed E-state index contributed by atoms with van der Waals surface area (Å²) < 4.78 is 5.91. The summed E-state index contributed by atoms with van der Waals surface area (Å²) in [5, 5.41) is 0.597. The van der Waals surface area contributed by atoms with E-state index >= 15 is 0 Å². The average molecular weight is 413 g/mol. The molecule has 1 N–H and O–H groups in total. The number of H-pyrrole nitrogens is 1. The van der Waals surface area contributed by atoms with Crippen LogP contribution in [-0.4, -0.2) is 45.1 Å². The highest BCUT2D eigenvalue weighted by Crippen LogP contribution is 2.29. The molecule has 7 nitrogen and oxygen atoms in total. The third kappa shape index (κ3) is 4.22. The molecule has 3 aromatic rings. The Bertz CT molecular complexity index is 1060. The number of aryl methyl sites for hydroxylation is 1. The number of amides is 1. The Morgan fingerprint density at radius 1 is 1.34 bits per heavy atom. The number of fused-ring (bicyclic) bond motifs is 1. The van der Waals surface area contributed by atoms with E-state index in [1.807, 2.05) is 42.3 Å². The SMILES string of the molecule is CSc1nc(C)c(CCC(=O)N2CCCC(c3nc4ccccc4o3)C2)c(=O)[nH]1. The third-order valence-corrected chi connectivity index (χ3v) is 6.00. The minimum Gasteiger partial charge on any atom is -0.440 e. The lowest BCUT2D eigenvalue weighted by molar-refractivity contribution is -0.132. The summed E-state index contributed by atoms with van der Waals surface area (Å²) in [4.78, 5) is 38.7. The molecule has 0 bridgehead atoms. The number of likely N-dealkylation sites (tertiary alicyclic amines) is 1. The van der Waals surface area contributed by atoms with Crippen molar-refractivity contribution in [3.63, 3.8) is 0 Å². The predicted octanol–water partition coefficient (Wildman–Crippen LogP) is 3.28. The molecule has 0 aliphatic carbocycles. The summed E-state index contributed by atoms with van der Waals surface area (Å²) in [6.07, 6.45) is 4.43. The number of thioether (sulfide) groups is 1. The van der Waals surface area contributed by atoms with E-state index in [0.29, 0.717) is 41.7 Å². The summed E-state index contributed by atoms with van der Waals surface area (Å²) in [6, 6.07) is 7.71. The van der Waals surface area contributed by atoms with Gasteiger partial charge in [-0.05, 0) is 44.6 Å². The number of aromatic nitrogens is 3. The maximum atomic E-state index is 12.8. The molecular formula is C21H24N4O3S.